The summed E-state index contributed by atoms with van der Waals surface area (Å²) in [7, 11) is 4.35. The first-order chi connectivity index (χ1) is 17.1. The maximum absolute atomic E-state index is 9.72. The molecule has 3 aromatic carbocycles. The zero-order valence-electron chi connectivity index (χ0n) is 20.3. The van der Waals surface area contributed by atoms with Gasteiger partial charge >= 0.3 is 0 Å². The highest BCUT2D eigenvalue weighted by Crippen LogP contribution is 2.38. The molecule has 0 radical (unpaired) electrons. The van der Waals surface area contributed by atoms with Crippen LogP contribution in [0.15, 0.2) is 82.6 Å². The van der Waals surface area contributed by atoms with Gasteiger partial charge in [0.2, 0.25) is 5.95 Å². The molecule has 6 heteroatoms. The number of aromatic nitrogens is 2. The maximum Gasteiger partial charge on any atom is 0.223 e. The van der Waals surface area contributed by atoms with Gasteiger partial charge in [0, 0.05) is 33.7 Å². The van der Waals surface area contributed by atoms with Crippen molar-refractivity contribution in [2.75, 3.05) is 19.4 Å². The zero-order valence-corrected chi connectivity index (χ0v) is 21.1. The normalized spacial score (nSPS) is 17.8. The van der Waals surface area contributed by atoms with Crippen molar-refractivity contribution in [3.05, 3.63) is 89.6 Å². The van der Waals surface area contributed by atoms with Crippen LogP contribution in [0.1, 0.15) is 42.0 Å². The molecule has 180 valence electrons. The minimum Gasteiger partial charge on any atom is -0.392 e. The third-order valence-corrected chi connectivity index (χ3v) is 8.16. The number of aliphatic hydroxyl groups is 1. The summed E-state index contributed by atoms with van der Waals surface area (Å²) in [6, 6.07) is 25.4. The van der Waals surface area contributed by atoms with E-state index in [0.29, 0.717) is 24.5 Å². The summed E-state index contributed by atoms with van der Waals surface area (Å²) in [5, 5.41) is 14.4. The first-order valence-electron chi connectivity index (χ1n) is 12.2. The lowest BCUT2D eigenvalue weighted by atomic mass is 9.99. The van der Waals surface area contributed by atoms with Crippen LogP contribution in [0.3, 0.4) is 0 Å². The monoisotopic (exact) mass is 484 g/mol. The van der Waals surface area contributed by atoms with Gasteiger partial charge in [-0.05, 0) is 62.7 Å². The molecule has 1 unspecified atom stereocenters. The molecular weight excluding hydrogens is 452 g/mol. The highest BCUT2D eigenvalue weighted by atomic mass is 32.2. The molecule has 0 amide bonds. The fraction of sp³-hybridized carbons (Fsp3) is 0.310. The highest BCUT2D eigenvalue weighted by molar-refractivity contribution is 7.99. The van der Waals surface area contributed by atoms with Gasteiger partial charge in [-0.15, -0.1) is 0 Å². The van der Waals surface area contributed by atoms with Crippen LogP contribution in [0, 0.1) is 0 Å². The van der Waals surface area contributed by atoms with Crippen LogP contribution in [0.4, 0.5) is 5.95 Å². The number of hydrogen-bond acceptors (Lipinski definition) is 6. The molecule has 0 spiro atoms. The van der Waals surface area contributed by atoms with Crippen molar-refractivity contribution in [1.82, 2.24) is 14.9 Å². The molecule has 35 heavy (non-hydrogen) atoms. The Morgan fingerprint density at radius 3 is 2.31 bits per heavy atom. The third-order valence-electron chi connectivity index (χ3n) is 6.93. The van der Waals surface area contributed by atoms with E-state index in [2.05, 4.69) is 72.8 Å². The van der Waals surface area contributed by atoms with Crippen LogP contribution < -0.4 is 5.32 Å². The minimum atomic E-state index is 0.0349. The van der Waals surface area contributed by atoms with Gasteiger partial charge in [0.05, 0.1) is 17.8 Å². The van der Waals surface area contributed by atoms with E-state index in [9.17, 15) is 5.11 Å². The molecule has 0 bridgehead atoms. The topological polar surface area (TPSA) is 61.3 Å². The predicted octanol–water partition coefficient (Wildman–Crippen LogP) is 6.08. The Morgan fingerprint density at radius 2 is 1.57 bits per heavy atom. The van der Waals surface area contributed by atoms with Gasteiger partial charge in [0.1, 0.15) is 0 Å². The van der Waals surface area contributed by atoms with Gasteiger partial charge in [0.15, 0.2) is 0 Å². The average molecular weight is 485 g/mol. The van der Waals surface area contributed by atoms with Gasteiger partial charge in [-0.3, -0.25) is 0 Å². The van der Waals surface area contributed by atoms with E-state index < -0.39 is 0 Å². The van der Waals surface area contributed by atoms with Gasteiger partial charge in [-0.1, -0.05) is 66.4 Å². The van der Waals surface area contributed by atoms with E-state index in [1.54, 1.807) is 11.8 Å². The van der Waals surface area contributed by atoms with Crippen LogP contribution in [0.2, 0.25) is 0 Å². The van der Waals surface area contributed by atoms with Crippen LogP contribution in [0.25, 0.3) is 10.9 Å². The first kappa shape index (κ1) is 23.8. The lowest BCUT2D eigenvalue weighted by Crippen LogP contribution is -2.24. The Labute approximate surface area is 211 Å². The van der Waals surface area contributed by atoms with Crippen molar-refractivity contribution in [2.24, 2.45) is 0 Å². The van der Waals surface area contributed by atoms with E-state index in [1.807, 2.05) is 24.3 Å². The largest absolute Gasteiger partial charge is 0.392 e. The van der Waals surface area contributed by atoms with Crippen LogP contribution in [-0.2, 0) is 13.2 Å². The number of fused-ring (bicyclic) bond motifs is 1. The maximum atomic E-state index is 9.72. The van der Waals surface area contributed by atoms with E-state index >= 15 is 0 Å². The van der Waals surface area contributed by atoms with E-state index in [-0.39, 0.29) is 6.61 Å². The lowest BCUT2D eigenvalue weighted by molar-refractivity contribution is 0.279. The number of hydrogen-bond donors (Lipinski definition) is 2. The summed E-state index contributed by atoms with van der Waals surface area (Å²) >= 11 is 1.68. The molecule has 1 heterocycles. The Bertz CT molecular complexity index is 1310. The summed E-state index contributed by atoms with van der Waals surface area (Å²) in [4.78, 5) is 14.5. The fourth-order valence-electron chi connectivity index (χ4n) is 4.94. The first-order valence-corrected chi connectivity index (χ1v) is 13.1. The van der Waals surface area contributed by atoms with Crippen LogP contribution in [-0.4, -0.2) is 40.1 Å². The standard InChI is InChI=1S/C29H32N4OS/c1-33(2)23-16-15-20(17-23)28-24-11-5-6-12-25(24)31-29(32-28)30-18-21-9-3-7-13-26(21)35-27-14-8-4-10-22(27)19-34/h3-14,20,23,34H,15-19H2,1-2H3,(H,30,31,32)/t20?,23-/m1/s1. The van der Waals surface area contributed by atoms with Crippen LogP contribution in [0.5, 0.6) is 0 Å². The van der Waals surface area contributed by atoms with Crippen molar-refractivity contribution in [3.63, 3.8) is 0 Å². The van der Waals surface area contributed by atoms with Gasteiger partial charge in [-0.25, -0.2) is 9.97 Å². The van der Waals surface area contributed by atoms with Crippen molar-refractivity contribution in [2.45, 2.75) is 54.2 Å². The SMILES string of the molecule is CN(C)[C@@H]1CCC(c2nc(NCc3ccccc3Sc3ccccc3CO)nc3ccccc23)C1. The molecule has 5 nitrogen and oxygen atoms in total. The van der Waals surface area contributed by atoms with Crippen LogP contribution >= 0.6 is 11.8 Å². The Hall–Kier alpha value is -2.93. The van der Waals surface area contributed by atoms with Gasteiger partial charge < -0.3 is 15.3 Å². The third kappa shape index (κ3) is 5.35. The molecule has 2 atom stereocenters. The summed E-state index contributed by atoms with van der Waals surface area (Å²) < 4.78 is 0. The molecule has 1 fully saturated rings. The average Bonchev–Trinajstić information content (AvgIpc) is 3.39. The number of rotatable bonds is 8. The van der Waals surface area contributed by atoms with E-state index in [1.165, 1.54) is 23.1 Å². The van der Waals surface area contributed by atoms with E-state index in [0.717, 1.165) is 33.7 Å². The lowest BCUT2D eigenvalue weighted by Gasteiger charge is -2.19. The second-order valence-corrected chi connectivity index (χ2v) is 10.5. The predicted molar refractivity (Wildman–Crippen MR) is 144 cm³/mol. The van der Waals surface area contributed by atoms with Crippen molar-refractivity contribution in [3.8, 4) is 0 Å². The Balaban J connectivity index is 1.39. The number of nitrogens with one attached hydrogen (secondary N) is 1. The van der Waals surface area contributed by atoms with Gasteiger partial charge in [-0.2, -0.15) is 0 Å². The second-order valence-electron chi connectivity index (χ2n) is 9.41. The highest BCUT2D eigenvalue weighted by Gasteiger charge is 2.29. The van der Waals surface area contributed by atoms with E-state index in [4.69, 9.17) is 9.97 Å². The Morgan fingerprint density at radius 1 is 0.886 bits per heavy atom. The molecular formula is C29H32N4OS. The molecule has 1 saturated carbocycles. The Kier molecular flexibility index (Phi) is 7.32. The van der Waals surface area contributed by atoms with Crippen molar-refractivity contribution >= 4 is 28.6 Å². The smallest absolute Gasteiger partial charge is 0.223 e. The quantitative estimate of drug-likeness (QED) is 0.316. The number of anilines is 1. The molecule has 0 saturated heterocycles. The van der Waals surface area contributed by atoms with Gasteiger partial charge in [0.25, 0.3) is 0 Å². The molecule has 1 aromatic heterocycles. The van der Waals surface area contributed by atoms with Crippen molar-refractivity contribution in [1.29, 1.82) is 0 Å². The minimum absolute atomic E-state index is 0.0349. The molecule has 2 N–H and O–H groups in total. The summed E-state index contributed by atoms with van der Waals surface area (Å²) in [6.07, 6.45) is 3.50. The molecule has 1 aliphatic rings. The number of aliphatic hydroxyl groups excluding tert-OH is 1. The summed E-state index contributed by atoms with van der Waals surface area (Å²) in [5.41, 5.74) is 4.28. The molecule has 0 aliphatic heterocycles. The second kappa shape index (κ2) is 10.8. The van der Waals surface area contributed by atoms with Crippen molar-refractivity contribution < 1.29 is 5.11 Å². The fourth-order valence-corrected chi connectivity index (χ4v) is 6.01. The summed E-state index contributed by atoms with van der Waals surface area (Å²) in [5.74, 6) is 1.14. The number of nitrogens with zero attached hydrogens (tertiary/aromatic N) is 3. The number of para-hydroxylation sites is 1. The number of benzene rings is 3. The molecule has 5 rings (SSSR count). The molecule has 4 aromatic rings. The summed E-state index contributed by atoms with van der Waals surface area (Å²) in [6.45, 7) is 0.667. The molecule has 1 aliphatic carbocycles. The zero-order chi connectivity index (χ0) is 24.2.